The molecule has 202 valence electrons. The van der Waals surface area contributed by atoms with Gasteiger partial charge < -0.3 is 15.0 Å². The molecule has 2 aliphatic heterocycles. The Hall–Kier alpha value is -2.78. The number of carbonyl (C=O) groups is 3. The van der Waals surface area contributed by atoms with Crippen LogP contribution in [0.15, 0.2) is 53.7 Å². The van der Waals surface area contributed by atoms with Gasteiger partial charge in [-0.2, -0.15) is 0 Å². The molecule has 11 heteroatoms. The fraction of sp³-hybridized carbons (Fsp3) is 0.370. The van der Waals surface area contributed by atoms with Crippen LogP contribution in [0.25, 0.3) is 0 Å². The number of nitrogens with zero attached hydrogens (tertiary/aromatic N) is 3. The lowest BCUT2D eigenvalue weighted by molar-refractivity contribution is -0.139. The van der Waals surface area contributed by atoms with Crippen LogP contribution in [0.1, 0.15) is 35.8 Å². The van der Waals surface area contributed by atoms with Gasteiger partial charge in [0, 0.05) is 45.0 Å². The van der Waals surface area contributed by atoms with Crippen LogP contribution in [0.5, 0.6) is 0 Å². The molecule has 1 fully saturated rings. The van der Waals surface area contributed by atoms with E-state index in [9.17, 15) is 14.4 Å². The lowest BCUT2D eigenvalue weighted by atomic mass is 9.94. The summed E-state index contributed by atoms with van der Waals surface area (Å²) in [5.74, 6) is -0.671. The number of nitrogens with one attached hydrogen (secondary N) is 1. The molecule has 0 aromatic heterocycles. The molecule has 0 bridgehead atoms. The van der Waals surface area contributed by atoms with Crippen LogP contribution >= 0.6 is 34.8 Å². The van der Waals surface area contributed by atoms with E-state index in [1.54, 1.807) is 61.3 Å². The molecule has 2 heterocycles. The summed E-state index contributed by atoms with van der Waals surface area (Å²) in [7, 11) is 1.61. The van der Waals surface area contributed by atoms with Crippen molar-refractivity contribution in [3.8, 4) is 0 Å². The number of ether oxygens (including phenoxy) is 1. The number of hydrogen-bond donors (Lipinski definition) is 1. The summed E-state index contributed by atoms with van der Waals surface area (Å²) < 4.78 is 5.40. The highest BCUT2D eigenvalue weighted by atomic mass is 35.5. The Morgan fingerprint density at radius 2 is 1.76 bits per heavy atom. The van der Waals surface area contributed by atoms with E-state index in [0.29, 0.717) is 58.6 Å². The molecular formula is C27H29Cl3N4O4. The lowest BCUT2D eigenvalue weighted by Crippen LogP contribution is -2.56. The zero-order valence-electron chi connectivity index (χ0n) is 21.3. The first-order valence-electron chi connectivity index (χ1n) is 12.3. The van der Waals surface area contributed by atoms with E-state index in [1.165, 1.54) is 4.90 Å². The molecule has 2 aromatic carbocycles. The molecule has 38 heavy (non-hydrogen) atoms. The van der Waals surface area contributed by atoms with Gasteiger partial charge in [-0.1, -0.05) is 59.1 Å². The molecule has 0 saturated carbocycles. The Labute approximate surface area is 237 Å². The van der Waals surface area contributed by atoms with Crippen molar-refractivity contribution >= 4 is 52.7 Å². The minimum atomic E-state index is -0.834. The molecule has 8 nitrogen and oxygen atoms in total. The molecule has 2 atom stereocenters. The molecule has 0 spiro atoms. The molecule has 1 N–H and O–H groups in total. The maximum atomic E-state index is 13.3. The zero-order valence-corrected chi connectivity index (χ0v) is 23.6. The van der Waals surface area contributed by atoms with Crippen molar-refractivity contribution in [1.29, 1.82) is 0 Å². The predicted molar refractivity (Wildman–Crippen MR) is 148 cm³/mol. The lowest BCUT2D eigenvalue weighted by Gasteiger charge is -2.42. The van der Waals surface area contributed by atoms with E-state index in [-0.39, 0.29) is 29.6 Å². The summed E-state index contributed by atoms with van der Waals surface area (Å²) in [4.78, 5) is 44.8. The standard InChI is InChI=1S/C27H29Cl3N4O4/c1-4-38-26(36)22-21(32(3)27(37)31-24(22)18-9-7-11-20(29)23(18)30)15-33-12-13-34(16(2)14-33)25(35)17-8-5-6-10-19(17)28/h5-11,16,24H,4,12-15H2,1-3H3,(H,31,37)/t16-,24-/m0/s1. The molecule has 2 aliphatic rings. The SMILES string of the molecule is CCOC(=O)C1=C(CN2CCN(C(=O)c3ccccc3Cl)[C@@H](C)C2)N(C)C(=O)N[C@H]1c1cccc(Cl)c1Cl. The normalized spacial score (nSPS) is 20.4. The Kier molecular flexibility index (Phi) is 8.88. The van der Waals surface area contributed by atoms with Crippen molar-refractivity contribution in [3.63, 3.8) is 0 Å². The Balaban J connectivity index is 1.64. The summed E-state index contributed by atoms with van der Waals surface area (Å²) in [6.07, 6.45) is 0. The van der Waals surface area contributed by atoms with Crippen molar-refractivity contribution in [2.45, 2.75) is 25.9 Å². The summed E-state index contributed by atoms with van der Waals surface area (Å²) in [5, 5.41) is 3.85. The van der Waals surface area contributed by atoms with E-state index in [1.807, 2.05) is 6.92 Å². The molecule has 2 aromatic rings. The van der Waals surface area contributed by atoms with Gasteiger partial charge in [0.2, 0.25) is 0 Å². The molecule has 0 radical (unpaired) electrons. The molecule has 3 amide bonds. The molecule has 1 saturated heterocycles. The first kappa shape index (κ1) is 28.2. The van der Waals surface area contributed by atoms with Gasteiger partial charge in [0.1, 0.15) is 0 Å². The minimum absolute atomic E-state index is 0.125. The van der Waals surface area contributed by atoms with Gasteiger partial charge >= 0.3 is 12.0 Å². The van der Waals surface area contributed by atoms with Crippen LogP contribution in [0, 0.1) is 0 Å². The Morgan fingerprint density at radius 1 is 1.05 bits per heavy atom. The summed E-state index contributed by atoms with van der Waals surface area (Å²) in [5.41, 5.74) is 1.77. The van der Waals surface area contributed by atoms with Crippen LogP contribution in [0.2, 0.25) is 15.1 Å². The number of urea groups is 1. The second kappa shape index (κ2) is 11.9. The van der Waals surface area contributed by atoms with E-state index < -0.39 is 12.0 Å². The van der Waals surface area contributed by atoms with Crippen molar-refractivity contribution in [3.05, 3.63) is 79.9 Å². The topological polar surface area (TPSA) is 82.2 Å². The number of amides is 3. The number of hydrogen-bond acceptors (Lipinski definition) is 5. The van der Waals surface area contributed by atoms with E-state index in [0.717, 1.165) is 0 Å². The number of rotatable bonds is 6. The first-order valence-corrected chi connectivity index (χ1v) is 13.4. The third kappa shape index (κ3) is 5.64. The Morgan fingerprint density at radius 3 is 2.45 bits per heavy atom. The van der Waals surface area contributed by atoms with Crippen LogP contribution in [-0.4, -0.2) is 78.5 Å². The summed E-state index contributed by atoms with van der Waals surface area (Å²) >= 11 is 19.0. The Bertz CT molecular complexity index is 1280. The van der Waals surface area contributed by atoms with Crippen molar-refractivity contribution in [1.82, 2.24) is 20.0 Å². The molecule has 4 rings (SSSR count). The maximum Gasteiger partial charge on any atom is 0.338 e. The number of esters is 1. The molecular weight excluding hydrogens is 551 g/mol. The van der Waals surface area contributed by atoms with Crippen molar-refractivity contribution in [2.75, 3.05) is 39.8 Å². The van der Waals surface area contributed by atoms with Crippen LogP contribution in [0.3, 0.4) is 0 Å². The minimum Gasteiger partial charge on any atom is -0.463 e. The number of likely N-dealkylation sites (N-methyl/N-ethyl adjacent to an activating group) is 1. The number of halogens is 3. The van der Waals surface area contributed by atoms with Gasteiger partial charge in [0.25, 0.3) is 5.91 Å². The van der Waals surface area contributed by atoms with Crippen LogP contribution < -0.4 is 5.32 Å². The van der Waals surface area contributed by atoms with Gasteiger partial charge in [-0.15, -0.1) is 0 Å². The number of piperazine rings is 1. The molecule has 0 unspecified atom stereocenters. The highest BCUT2D eigenvalue weighted by Crippen LogP contribution is 2.37. The monoisotopic (exact) mass is 578 g/mol. The van der Waals surface area contributed by atoms with Gasteiger partial charge in [0.15, 0.2) is 0 Å². The third-order valence-corrected chi connectivity index (χ3v) is 7.98. The van der Waals surface area contributed by atoms with E-state index in [2.05, 4.69) is 10.2 Å². The smallest absolute Gasteiger partial charge is 0.338 e. The first-order chi connectivity index (χ1) is 18.1. The second-order valence-electron chi connectivity index (χ2n) is 9.23. The highest BCUT2D eigenvalue weighted by molar-refractivity contribution is 6.42. The van der Waals surface area contributed by atoms with Crippen LogP contribution in [-0.2, 0) is 9.53 Å². The number of benzene rings is 2. The fourth-order valence-electron chi connectivity index (χ4n) is 4.85. The summed E-state index contributed by atoms with van der Waals surface area (Å²) in [6, 6.07) is 10.7. The largest absolute Gasteiger partial charge is 0.463 e. The summed E-state index contributed by atoms with van der Waals surface area (Å²) in [6.45, 7) is 5.70. The van der Waals surface area contributed by atoms with Gasteiger partial charge in [-0.3, -0.25) is 14.6 Å². The highest BCUT2D eigenvalue weighted by Gasteiger charge is 2.39. The maximum absolute atomic E-state index is 13.3. The van der Waals surface area contributed by atoms with Gasteiger partial charge in [-0.05, 0) is 37.6 Å². The average molecular weight is 580 g/mol. The quantitative estimate of drug-likeness (QED) is 0.487. The van der Waals surface area contributed by atoms with Crippen molar-refractivity contribution in [2.24, 2.45) is 0 Å². The third-order valence-electron chi connectivity index (χ3n) is 6.81. The van der Waals surface area contributed by atoms with E-state index >= 15 is 0 Å². The van der Waals surface area contributed by atoms with E-state index in [4.69, 9.17) is 39.5 Å². The zero-order chi connectivity index (χ0) is 27.6. The van der Waals surface area contributed by atoms with Crippen LogP contribution in [0.4, 0.5) is 4.79 Å². The second-order valence-corrected chi connectivity index (χ2v) is 10.4. The van der Waals surface area contributed by atoms with Gasteiger partial charge in [-0.25, -0.2) is 9.59 Å². The van der Waals surface area contributed by atoms with Gasteiger partial charge in [0.05, 0.1) is 38.9 Å². The van der Waals surface area contributed by atoms with Crippen molar-refractivity contribution < 1.29 is 19.1 Å². The fourth-order valence-corrected chi connectivity index (χ4v) is 5.49. The average Bonchev–Trinajstić information content (AvgIpc) is 2.88. The number of carbonyl (C=O) groups excluding carboxylic acids is 3. The predicted octanol–water partition coefficient (Wildman–Crippen LogP) is 5.01. The molecule has 0 aliphatic carbocycles.